The standard InChI is InChI=1S/C8H13O3PS/c1-2-13(12(9,10)11)8-6-4-3-5-7-8/h3-7,9-11H,2H2,1H3. The Bertz CT molecular complexity index is 322. The maximum atomic E-state index is 9.17. The largest absolute Gasteiger partial charge is 0.328 e. The molecule has 74 valence electrons. The van der Waals surface area contributed by atoms with Gasteiger partial charge in [-0.05, 0) is 17.9 Å². The van der Waals surface area contributed by atoms with Gasteiger partial charge in [-0.15, -0.1) is 0 Å². The van der Waals surface area contributed by atoms with E-state index in [1.54, 1.807) is 12.1 Å². The van der Waals surface area contributed by atoms with Crippen molar-refractivity contribution in [3.63, 3.8) is 0 Å². The van der Waals surface area contributed by atoms with Gasteiger partial charge in [0, 0.05) is 4.90 Å². The molecule has 0 aliphatic rings. The van der Waals surface area contributed by atoms with Crippen molar-refractivity contribution in [1.82, 2.24) is 0 Å². The van der Waals surface area contributed by atoms with E-state index in [9.17, 15) is 0 Å². The number of hydrogen-bond donors (Lipinski definition) is 3. The van der Waals surface area contributed by atoms with E-state index >= 15 is 0 Å². The van der Waals surface area contributed by atoms with Crippen LogP contribution in [0.3, 0.4) is 0 Å². The Morgan fingerprint density at radius 2 is 1.69 bits per heavy atom. The molecule has 1 rings (SSSR count). The Labute approximate surface area is 79.9 Å². The third kappa shape index (κ3) is 2.93. The molecule has 0 aromatic heterocycles. The summed E-state index contributed by atoms with van der Waals surface area (Å²) < 4.78 is 0. The first kappa shape index (κ1) is 11.0. The average Bonchev–Trinajstić information content (AvgIpc) is 2.05. The second kappa shape index (κ2) is 4.40. The van der Waals surface area contributed by atoms with E-state index < -0.39 is 16.8 Å². The second-order valence-corrected chi connectivity index (χ2v) is 8.08. The highest BCUT2D eigenvalue weighted by atomic mass is 32.5. The van der Waals surface area contributed by atoms with Gasteiger partial charge in [0.2, 0.25) is 0 Å². The zero-order chi connectivity index (χ0) is 9.90. The average molecular weight is 220 g/mol. The maximum absolute atomic E-state index is 9.17. The smallest absolute Gasteiger partial charge is 0.281 e. The highest BCUT2D eigenvalue weighted by molar-refractivity contribution is 8.27. The topological polar surface area (TPSA) is 60.7 Å². The van der Waals surface area contributed by atoms with Crippen LogP contribution < -0.4 is 0 Å². The molecule has 3 nitrogen and oxygen atoms in total. The first-order valence-corrected chi connectivity index (χ1v) is 7.54. The van der Waals surface area contributed by atoms with Gasteiger partial charge in [-0.2, -0.15) is 0 Å². The lowest BCUT2D eigenvalue weighted by Gasteiger charge is -2.13. The fraction of sp³-hybridized carbons (Fsp3) is 0.250. The lowest BCUT2D eigenvalue weighted by molar-refractivity contribution is 0.362. The van der Waals surface area contributed by atoms with Crippen molar-refractivity contribution >= 4 is 16.8 Å². The van der Waals surface area contributed by atoms with Crippen LogP contribution >= 0.6 is 6.72 Å². The van der Waals surface area contributed by atoms with Crippen molar-refractivity contribution < 1.29 is 14.7 Å². The van der Waals surface area contributed by atoms with Gasteiger partial charge in [0.25, 0.3) is 6.72 Å². The van der Waals surface area contributed by atoms with Gasteiger partial charge in [0.15, 0.2) is 0 Å². The number of hydrogen-bond acceptors (Lipinski definition) is 0. The Balaban J connectivity index is 3.22. The predicted octanol–water partition coefficient (Wildman–Crippen LogP) is 1.34. The minimum Gasteiger partial charge on any atom is -0.328 e. The lowest BCUT2D eigenvalue weighted by Crippen LogP contribution is -1.97. The molecule has 0 spiro atoms. The molecule has 1 atom stereocenters. The van der Waals surface area contributed by atoms with Gasteiger partial charge in [0.1, 0.15) is 0 Å². The SMILES string of the molecule is CCS(c1ccccc1)=P(O)(O)O. The molecule has 0 aliphatic carbocycles. The van der Waals surface area contributed by atoms with Crippen LogP contribution in [0, 0.1) is 0 Å². The van der Waals surface area contributed by atoms with Gasteiger partial charge in [0.05, 0.1) is 0 Å². The molecule has 0 saturated heterocycles. The lowest BCUT2D eigenvalue weighted by atomic mass is 10.4. The van der Waals surface area contributed by atoms with Crippen molar-refractivity contribution in [1.29, 1.82) is 0 Å². The van der Waals surface area contributed by atoms with Crippen molar-refractivity contribution in [2.45, 2.75) is 11.8 Å². The Morgan fingerprint density at radius 3 is 2.08 bits per heavy atom. The molecular formula is C8H13O3PS. The molecule has 0 heterocycles. The zero-order valence-corrected chi connectivity index (χ0v) is 9.00. The first-order valence-electron chi connectivity index (χ1n) is 3.89. The van der Waals surface area contributed by atoms with Crippen LogP contribution in [0.15, 0.2) is 35.2 Å². The van der Waals surface area contributed by atoms with Gasteiger partial charge in [-0.1, -0.05) is 35.2 Å². The Hall–Kier alpha value is -0.120. The number of benzene rings is 1. The van der Waals surface area contributed by atoms with E-state index in [1.165, 1.54) is 0 Å². The molecular weight excluding hydrogens is 207 g/mol. The molecule has 5 heteroatoms. The maximum Gasteiger partial charge on any atom is 0.281 e. The van der Waals surface area contributed by atoms with Crippen LogP contribution in [0.2, 0.25) is 0 Å². The summed E-state index contributed by atoms with van der Waals surface area (Å²) in [7, 11) is -0.834. The molecule has 0 radical (unpaired) electrons. The van der Waals surface area contributed by atoms with E-state index in [-0.39, 0.29) is 0 Å². The molecule has 1 unspecified atom stereocenters. The molecule has 1 aromatic rings. The molecule has 0 amide bonds. The van der Waals surface area contributed by atoms with Crippen LogP contribution in [0.1, 0.15) is 6.92 Å². The minimum atomic E-state index is -3.72. The van der Waals surface area contributed by atoms with Gasteiger partial charge in [-0.25, -0.2) is 0 Å². The highest BCUT2D eigenvalue weighted by Gasteiger charge is 2.12. The van der Waals surface area contributed by atoms with Crippen molar-refractivity contribution in [3.8, 4) is 0 Å². The molecule has 0 fully saturated rings. The van der Waals surface area contributed by atoms with Crippen molar-refractivity contribution in [2.75, 3.05) is 5.75 Å². The predicted molar refractivity (Wildman–Crippen MR) is 56.2 cm³/mol. The normalized spacial score (nSPS) is 14.2. The Kier molecular flexibility index (Phi) is 3.71. The summed E-state index contributed by atoms with van der Waals surface area (Å²) in [6.07, 6.45) is 0. The molecule has 0 saturated carbocycles. The van der Waals surface area contributed by atoms with Gasteiger partial charge < -0.3 is 14.7 Å². The summed E-state index contributed by atoms with van der Waals surface area (Å²) in [4.78, 5) is 28.3. The fourth-order valence-electron chi connectivity index (χ4n) is 1.06. The van der Waals surface area contributed by atoms with E-state index in [0.717, 1.165) is 4.90 Å². The van der Waals surface area contributed by atoms with Crippen LogP contribution in [0.4, 0.5) is 0 Å². The van der Waals surface area contributed by atoms with Crippen LogP contribution in [0.5, 0.6) is 0 Å². The van der Waals surface area contributed by atoms with E-state index in [4.69, 9.17) is 14.7 Å². The van der Waals surface area contributed by atoms with Crippen LogP contribution in [0.25, 0.3) is 0 Å². The second-order valence-electron chi connectivity index (χ2n) is 2.48. The van der Waals surface area contributed by atoms with Gasteiger partial charge >= 0.3 is 0 Å². The van der Waals surface area contributed by atoms with Gasteiger partial charge in [-0.3, -0.25) is 0 Å². The summed E-state index contributed by atoms with van der Waals surface area (Å²) in [5.41, 5.74) is 0. The quantitative estimate of drug-likeness (QED) is 0.659. The van der Waals surface area contributed by atoms with Crippen molar-refractivity contribution in [3.05, 3.63) is 30.3 Å². The molecule has 0 aliphatic heterocycles. The summed E-state index contributed by atoms with van der Waals surface area (Å²) in [6.45, 7) is -1.89. The molecule has 1 aromatic carbocycles. The third-order valence-electron chi connectivity index (χ3n) is 1.58. The summed E-state index contributed by atoms with van der Waals surface area (Å²) in [5, 5.41) is 0. The molecule has 13 heavy (non-hydrogen) atoms. The summed E-state index contributed by atoms with van der Waals surface area (Å²) in [6, 6.07) is 9.09. The third-order valence-corrected chi connectivity index (χ3v) is 6.72. The minimum absolute atomic E-state index is 0.543. The number of rotatable bonds is 2. The van der Waals surface area contributed by atoms with Crippen LogP contribution in [-0.4, -0.2) is 20.4 Å². The van der Waals surface area contributed by atoms with E-state index in [1.807, 2.05) is 25.1 Å². The fourth-order valence-corrected chi connectivity index (χ4v) is 4.75. The molecule has 0 bridgehead atoms. The zero-order valence-electron chi connectivity index (χ0n) is 7.29. The van der Waals surface area contributed by atoms with Crippen LogP contribution in [-0.2, 0) is 10.1 Å². The van der Waals surface area contributed by atoms with Crippen molar-refractivity contribution in [2.24, 2.45) is 0 Å². The monoisotopic (exact) mass is 220 g/mol. The van der Waals surface area contributed by atoms with E-state index in [2.05, 4.69) is 0 Å². The summed E-state index contributed by atoms with van der Waals surface area (Å²) >= 11 is 0. The summed E-state index contributed by atoms with van der Waals surface area (Å²) in [5.74, 6) is 0.543. The molecule has 3 N–H and O–H groups in total. The highest BCUT2D eigenvalue weighted by Crippen LogP contribution is 2.39. The van der Waals surface area contributed by atoms with E-state index in [0.29, 0.717) is 5.75 Å². The Morgan fingerprint density at radius 1 is 1.15 bits per heavy atom. The first-order chi connectivity index (χ1) is 6.05.